The third kappa shape index (κ3) is 4.12. The Balaban J connectivity index is 2.62. The van der Waals surface area contributed by atoms with Crippen LogP contribution in [0.4, 0.5) is 5.69 Å². The Labute approximate surface area is 138 Å². The molecule has 118 valence electrons. The molecule has 0 atom stereocenters. The summed E-state index contributed by atoms with van der Waals surface area (Å²) in [6.45, 7) is 5.75. The monoisotopic (exact) mass is 307 g/mol. The minimum atomic E-state index is -1.52. The van der Waals surface area contributed by atoms with E-state index in [1.54, 1.807) is 18.2 Å². The number of para-hydroxylation sites is 1. The molecular formula is C19H22BNO2. The smallest absolute Gasteiger partial charge is 0.423 e. The summed E-state index contributed by atoms with van der Waals surface area (Å²) in [5, 5.41) is 19.5. The van der Waals surface area contributed by atoms with Crippen LogP contribution in [0.5, 0.6) is 0 Å². The summed E-state index contributed by atoms with van der Waals surface area (Å²) in [5.41, 5.74) is 3.27. The molecule has 0 spiro atoms. The van der Waals surface area contributed by atoms with Gasteiger partial charge in [-0.15, -0.1) is 0 Å². The Morgan fingerprint density at radius 3 is 2.70 bits per heavy atom. The molecule has 2 N–H and O–H groups in total. The lowest BCUT2D eigenvalue weighted by molar-refractivity contribution is 0.426. The lowest BCUT2D eigenvalue weighted by Crippen LogP contribution is -2.36. The summed E-state index contributed by atoms with van der Waals surface area (Å²) in [5.74, 6) is 0. The van der Waals surface area contributed by atoms with E-state index in [9.17, 15) is 10.0 Å². The number of hydrogen-bond donors (Lipinski definition) is 2. The average Bonchev–Trinajstić information content (AvgIpc) is 2.57. The Hall–Kier alpha value is -2.30. The van der Waals surface area contributed by atoms with Gasteiger partial charge in [0.2, 0.25) is 0 Å². The molecule has 1 aromatic carbocycles. The van der Waals surface area contributed by atoms with Gasteiger partial charge in [0.25, 0.3) is 0 Å². The van der Waals surface area contributed by atoms with E-state index in [0.29, 0.717) is 5.46 Å². The number of anilines is 1. The highest BCUT2D eigenvalue weighted by Crippen LogP contribution is 2.28. The van der Waals surface area contributed by atoms with Crippen LogP contribution in [0.1, 0.15) is 19.8 Å². The summed E-state index contributed by atoms with van der Waals surface area (Å²) < 4.78 is 0. The molecule has 23 heavy (non-hydrogen) atoms. The van der Waals surface area contributed by atoms with Crippen molar-refractivity contribution in [3.05, 3.63) is 84.8 Å². The molecule has 1 aliphatic carbocycles. The van der Waals surface area contributed by atoms with Gasteiger partial charge in [-0.1, -0.05) is 49.1 Å². The molecule has 2 rings (SSSR count). The minimum absolute atomic E-state index is 0.474. The van der Waals surface area contributed by atoms with Crippen LogP contribution < -0.4 is 10.4 Å². The predicted molar refractivity (Wildman–Crippen MR) is 98.3 cm³/mol. The van der Waals surface area contributed by atoms with Crippen LogP contribution >= 0.6 is 0 Å². The van der Waals surface area contributed by atoms with Gasteiger partial charge in [0.15, 0.2) is 0 Å². The summed E-state index contributed by atoms with van der Waals surface area (Å²) >= 11 is 0. The van der Waals surface area contributed by atoms with E-state index in [2.05, 4.69) is 23.6 Å². The molecule has 0 heterocycles. The molecule has 0 saturated heterocycles. The summed E-state index contributed by atoms with van der Waals surface area (Å²) in [6, 6.07) is 7.33. The summed E-state index contributed by atoms with van der Waals surface area (Å²) in [4.78, 5) is 2.06. The van der Waals surface area contributed by atoms with Crippen molar-refractivity contribution >= 4 is 18.3 Å². The SMILES string of the molecule is C=C/C=C(\C=C/C)N(C1=CC=CCC1)c1ccccc1B(O)O. The molecule has 1 aromatic rings. The maximum absolute atomic E-state index is 9.73. The van der Waals surface area contributed by atoms with Gasteiger partial charge in [-0.3, -0.25) is 0 Å². The van der Waals surface area contributed by atoms with E-state index in [-0.39, 0.29) is 0 Å². The van der Waals surface area contributed by atoms with Crippen molar-refractivity contribution in [2.45, 2.75) is 19.8 Å². The Morgan fingerprint density at radius 1 is 1.30 bits per heavy atom. The molecule has 3 nitrogen and oxygen atoms in total. The molecule has 0 amide bonds. The normalized spacial score (nSPS) is 14.7. The Morgan fingerprint density at radius 2 is 2.09 bits per heavy atom. The van der Waals surface area contributed by atoms with Crippen molar-refractivity contribution in [1.29, 1.82) is 0 Å². The standard InChI is InChI=1S/C19H22BNO2/c1-3-10-16(11-4-2)21(17-12-6-5-7-13-17)19-15-9-8-14-18(19)20(22)23/h3-6,8-12,14-15,22-23H,1,7,13H2,2H3/b11-4-,16-10+. The number of rotatable bonds is 6. The third-order valence-electron chi connectivity index (χ3n) is 3.62. The molecule has 0 saturated carbocycles. The fourth-order valence-corrected chi connectivity index (χ4v) is 2.64. The van der Waals surface area contributed by atoms with Crippen LogP contribution in [0, 0.1) is 0 Å². The highest BCUT2D eigenvalue weighted by atomic mass is 16.4. The van der Waals surface area contributed by atoms with Crippen LogP contribution in [0.2, 0.25) is 0 Å². The maximum atomic E-state index is 9.73. The van der Waals surface area contributed by atoms with Crippen LogP contribution in [0.3, 0.4) is 0 Å². The number of benzene rings is 1. The highest BCUT2D eigenvalue weighted by molar-refractivity contribution is 6.60. The summed E-state index contributed by atoms with van der Waals surface area (Å²) in [6.07, 6.45) is 15.7. The van der Waals surface area contributed by atoms with E-state index in [1.165, 1.54) is 0 Å². The van der Waals surface area contributed by atoms with Gasteiger partial charge in [-0.2, -0.15) is 0 Å². The fraction of sp³-hybridized carbons (Fsp3) is 0.158. The zero-order chi connectivity index (χ0) is 16.7. The van der Waals surface area contributed by atoms with Gasteiger partial charge in [-0.05, 0) is 44.1 Å². The van der Waals surface area contributed by atoms with Crippen molar-refractivity contribution in [1.82, 2.24) is 0 Å². The first-order chi connectivity index (χ1) is 11.2. The predicted octanol–water partition coefficient (Wildman–Crippen LogP) is 3.05. The van der Waals surface area contributed by atoms with E-state index < -0.39 is 7.12 Å². The van der Waals surface area contributed by atoms with Crippen LogP contribution in [0.25, 0.3) is 0 Å². The first-order valence-corrected chi connectivity index (χ1v) is 7.75. The van der Waals surface area contributed by atoms with Crippen molar-refractivity contribution in [2.75, 3.05) is 4.90 Å². The van der Waals surface area contributed by atoms with Gasteiger partial charge in [0, 0.05) is 22.5 Å². The number of allylic oxidation sites excluding steroid dienone is 8. The van der Waals surface area contributed by atoms with Crippen molar-refractivity contribution in [3.8, 4) is 0 Å². The van der Waals surface area contributed by atoms with Crippen LogP contribution in [-0.2, 0) is 0 Å². The topological polar surface area (TPSA) is 43.7 Å². The molecule has 0 aromatic heterocycles. The van der Waals surface area contributed by atoms with Gasteiger partial charge >= 0.3 is 7.12 Å². The van der Waals surface area contributed by atoms with E-state index in [4.69, 9.17) is 0 Å². The van der Waals surface area contributed by atoms with Crippen LogP contribution in [-0.4, -0.2) is 17.2 Å². The molecule has 1 aliphatic rings. The molecule has 0 aliphatic heterocycles. The van der Waals surface area contributed by atoms with E-state index in [1.807, 2.05) is 43.4 Å². The number of hydrogen-bond acceptors (Lipinski definition) is 3. The molecule has 0 unspecified atom stereocenters. The zero-order valence-electron chi connectivity index (χ0n) is 13.4. The van der Waals surface area contributed by atoms with Crippen molar-refractivity contribution in [3.63, 3.8) is 0 Å². The molecule has 0 fully saturated rings. The van der Waals surface area contributed by atoms with Crippen molar-refractivity contribution in [2.24, 2.45) is 0 Å². The third-order valence-corrected chi connectivity index (χ3v) is 3.62. The quantitative estimate of drug-likeness (QED) is 0.627. The summed E-state index contributed by atoms with van der Waals surface area (Å²) in [7, 11) is -1.52. The molecule has 4 heteroatoms. The first-order valence-electron chi connectivity index (χ1n) is 7.75. The highest BCUT2D eigenvalue weighted by Gasteiger charge is 2.23. The van der Waals surface area contributed by atoms with Gasteiger partial charge in [-0.25, -0.2) is 0 Å². The second-order valence-electron chi connectivity index (χ2n) is 5.22. The molecule has 0 radical (unpaired) electrons. The second kappa shape index (κ2) is 8.37. The Bertz CT molecular complexity index is 672. The largest absolute Gasteiger partial charge is 0.490 e. The van der Waals surface area contributed by atoms with E-state index >= 15 is 0 Å². The van der Waals surface area contributed by atoms with E-state index in [0.717, 1.165) is 29.9 Å². The average molecular weight is 307 g/mol. The second-order valence-corrected chi connectivity index (χ2v) is 5.22. The molecular weight excluding hydrogens is 285 g/mol. The fourth-order valence-electron chi connectivity index (χ4n) is 2.64. The van der Waals surface area contributed by atoms with Crippen LogP contribution in [0.15, 0.2) is 84.8 Å². The van der Waals surface area contributed by atoms with Crippen molar-refractivity contribution < 1.29 is 10.0 Å². The van der Waals surface area contributed by atoms with Gasteiger partial charge in [0.05, 0.1) is 0 Å². The zero-order valence-corrected chi connectivity index (χ0v) is 13.4. The first kappa shape index (κ1) is 17.1. The molecule has 0 bridgehead atoms. The lowest BCUT2D eigenvalue weighted by atomic mass is 9.78. The van der Waals surface area contributed by atoms with Gasteiger partial charge in [0.1, 0.15) is 0 Å². The van der Waals surface area contributed by atoms with Gasteiger partial charge < -0.3 is 14.9 Å². The Kier molecular flexibility index (Phi) is 6.21. The minimum Gasteiger partial charge on any atom is -0.423 e. The maximum Gasteiger partial charge on any atom is 0.490 e. The number of nitrogens with zero attached hydrogens (tertiary/aromatic N) is 1. The lowest BCUT2D eigenvalue weighted by Gasteiger charge is -2.31.